The Hall–Kier alpha value is -1.51. The molecule has 0 saturated carbocycles. The van der Waals surface area contributed by atoms with Gasteiger partial charge in [-0.3, -0.25) is 4.79 Å². The molecule has 3 heteroatoms. The minimum atomic E-state index is 0.229. The van der Waals surface area contributed by atoms with Gasteiger partial charge in [0.1, 0.15) is 5.75 Å². The van der Waals surface area contributed by atoms with Crippen LogP contribution in [-0.4, -0.2) is 19.1 Å². The minimum Gasteiger partial charge on any atom is -0.494 e. The SMILES string of the molecule is CCCCOc1cccc(N2CCCCC2=O)c1. The van der Waals surface area contributed by atoms with Gasteiger partial charge in [0.2, 0.25) is 5.91 Å². The van der Waals surface area contributed by atoms with Crippen LogP contribution in [0.5, 0.6) is 5.75 Å². The van der Waals surface area contributed by atoms with Gasteiger partial charge in [0, 0.05) is 24.7 Å². The third-order valence-corrected chi connectivity index (χ3v) is 3.22. The molecule has 1 heterocycles. The highest BCUT2D eigenvalue weighted by molar-refractivity contribution is 5.94. The summed E-state index contributed by atoms with van der Waals surface area (Å²) in [4.78, 5) is 13.7. The van der Waals surface area contributed by atoms with Crippen molar-refractivity contribution in [3.05, 3.63) is 24.3 Å². The predicted octanol–water partition coefficient (Wildman–Crippen LogP) is 3.38. The van der Waals surface area contributed by atoms with E-state index in [9.17, 15) is 4.79 Å². The number of hydrogen-bond donors (Lipinski definition) is 0. The molecule has 2 rings (SSSR count). The first kappa shape index (κ1) is 12.9. The monoisotopic (exact) mass is 247 g/mol. The molecule has 1 aliphatic rings. The molecule has 0 aromatic heterocycles. The molecule has 0 atom stereocenters. The molecule has 1 aromatic carbocycles. The van der Waals surface area contributed by atoms with Gasteiger partial charge in [-0.15, -0.1) is 0 Å². The fourth-order valence-electron chi connectivity index (χ4n) is 2.15. The Balaban J connectivity index is 2.03. The van der Waals surface area contributed by atoms with Gasteiger partial charge in [0.05, 0.1) is 6.61 Å². The molecule has 0 bridgehead atoms. The molecular formula is C15H21NO2. The Morgan fingerprint density at radius 2 is 2.22 bits per heavy atom. The molecule has 0 N–H and O–H groups in total. The van der Waals surface area contributed by atoms with E-state index in [-0.39, 0.29) is 5.91 Å². The lowest BCUT2D eigenvalue weighted by Gasteiger charge is -2.27. The zero-order valence-electron chi connectivity index (χ0n) is 11.0. The van der Waals surface area contributed by atoms with Gasteiger partial charge < -0.3 is 9.64 Å². The number of amides is 1. The number of rotatable bonds is 5. The summed E-state index contributed by atoms with van der Waals surface area (Å²) in [6, 6.07) is 7.86. The van der Waals surface area contributed by atoms with Crippen LogP contribution in [0.25, 0.3) is 0 Å². The zero-order chi connectivity index (χ0) is 12.8. The second-order valence-electron chi connectivity index (χ2n) is 4.70. The van der Waals surface area contributed by atoms with Crippen LogP contribution < -0.4 is 9.64 Å². The number of carbonyl (C=O) groups is 1. The van der Waals surface area contributed by atoms with Crippen molar-refractivity contribution in [1.82, 2.24) is 0 Å². The quantitative estimate of drug-likeness (QED) is 0.746. The molecule has 1 aromatic rings. The molecule has 1 amide bonds. The van der Waals surface area contributed by atoms with Crippen molar-refractivity contribution >= 4 is 11.6 Å². The van der Waals surface area contributed by atoms with E-state index >= 15 is 0 Å². The predicted molar refractivity (Wildman–Crippen MR) is 73.0 cm³/mol. The number of nitrogens with zero attached hydrogens (tertiary/aromatic N) is 1. The van der Waals surface area contributed by atoms with E-state index in [1.54, 1.807) is 0 Å². The second kappa shape index (κ2) is 6.43. The first-order chi connectivity index (χ1) is 8.81. The van der Waals surface area contributed by atoms with E-state index in [2.05, 4.69) is 6.92 Å². The molecule has 98 valence electrons. The Morgan fingerprint density at radius 3 is 3.00 bits per heavy atom. The number of anilines is 1. The molecule has 0 unspecified atom stereocenters. The van der Waals surface area contributed by atoms with Crippen LogP contribution in [-0.2, 0) is 4.79 Å². The number of ether oxygens (including phenoxy) is 1. The van der Waals surface area contributed by atoms with Gasteiger partial charge in [-0.25, -0.2) is 0 Å². The summed E-state index contributed by atoms with van der Waals surface area (Å²) in [5, 5.41) is 0. The van der Waals surface area contributed by atoms with E-state index in [0.717, 1.165) is 50.3 Å². The largest absolute Gasteiger partial charge is 0.494 e. The maximum absolute atomic E-state index is 11.9. The second-order valence-corrected chi connectivity index (χ2v) is 4.70. The molecule has 0 radical (unpaired) electrons. The summed E-state index contributed by atoms with van der Waals surface area (Å²) in [5.41, 5.74) is 0.966. The van der Waals surface area contributed by atoms with Crippen LogP contribution in [0.4, 0.5) is 5.69 Å². The summed E-state index contributed by atoms with van der Waals surface area (Å²) in [6.07, 6.45) is 4.97. The maximum atomic E-state index is 11.9. The smallest absolute Gasteiger partial charge is 0.226 e. The lowest BCUT2D eigenvalue weighted by atomic mass is 10.1. The van der Waals surface area contributed by atoms with Gasteiger partial charge in [-0.1, -0.05) is 19.4 Å². The van der Waals surface area contributed by atoms with Crippen molar-refractivity contribution in [2.45, 2.75) is 39.0 Å². The number of hydrogen-bond acceptors (Lipinski definition) is 2. The van der Waals surface area contributed by atoms with E-state index < -0.39 is 0 Å². The molecule has 3 nitrogen and oxygen atoms in total. The molecule has 0 aliphatic carbocycles. The van der Waals surface area contributed by atoms with E-state index in [0.29, 0.717) is 6.42 Å². The molecule has 1 saturated heterocycles. The zero-order valence-corrected chi connectivity index (χ0v) is 11.0. The van der Waals surface area contributed by atoms with Gasteiger partial charge >= 0.3 is 0 Å². The summed E-state index contributed by atoms with van der Waals surface area (Å²) in [7, 11) is 0. The van der Waals surface area contributed by atoms with Crippen molar-refractivity contribution in [2.24, 2.45) is 0 Å². The average molecular weight is 247 g/mol. The van der Waals surface area contributed by atoms with Crippen LogP contribution in [0.2, 0.25) is 0 Å². The van der Waals surface area contributed by atoms with Crippen LogP contribution in [0.15, 0.2) is 24.3 Å². The third kappa shape index (κ3) is 3.25. The Bertz CT molecular complexity index is 403. The highest BCUT2D eigenvalue weighted by atomic mass is 16.5. The average Bonchev–Trinajstić information content (AvgIpc) is 2.40. The van der Waals surface area contributed by atoms with Crippen LogP contribution in [0.1, 0.15) is 39.0 Å². The fraction of sp³-hybridized carbons (Fsp3) is 0.533. The van der Waals surface area contributed by atoms with Gasteiger partial charge in [-0.05, 0) is 31.4 Å². The standard InChI is InChI=1S/C15H21NO2/c1-2-3-11-18-14-8-6-7-13(12-14)16-10-5-4-9-15(16)17/h6-8,12H,2-5,9-11H2,1H3. The third-order valence-electron chi connectivity index (χ3n) is 3.22. The lowest BCUT2D eigenvalue weighted by molar-refractivity contribution is -0.119. The van der Waals surface area contributed by atoms with Crippen molar-refractivity contribution < 1.29 is 9.53 Å². The summed E-state index contributed by atoms with van der Waals surface area (Å²) in [6.45, 7) is 3.72. The molecule has 1 aliphatic heterocycles. The van der Waals surface area contributed by atoms with Crippen LogP contribution in [0, 0.1) is 0 Å². The number of benzene rings is 1. The fourth-order valence-corrected chi connectivity index (χ4v) is 2.15. The molecule has 18 heavy (non-hydrogen) atoms. The van der Waals surface area contributed by atoms with Gasteiger partial charge in [0.15, 0.2) is 0 Å². The van der Waals surface area contributed by atoms with Crippen molar-refractivity contribution in [1.29, 1.82) is 0 Å². The minimum absolute atomic E-state index is 0.229. The highest BCUT2D eigenvalue weighted by Crippen LogP contribution is 2.25. The highest BCUT2D eigenvalue weighted by Gasteiger charge is 2.19. The first-order valence-electron chi connectivity index (χ1n) is 6.84. The topological polar surface area (TPSA) is 29.5 Å². The van der Waals surface area contributed by atoms with E-state index in [1.807, 2.05) is 29.2 Å². The summed E-state index contributed by atoms with van der Waals surface area (Å²) in [5.74, 6) is 1.09. The number of unbranched alkanes of at least 4 members (excludes halogenated alkanes) is 1. The van der Waals surface area contributed by atoms with Crippen LogP contribution >= 0.6 is 0 Å². The Kier molecular flexibility index (Phi) is 4.62. The van der Waals surface area contributed by atoms with E-state index in [4.69, 9.17) is 4.74 Å². The normalized spacial score (nSPS) is 15.8. The van der Waals surface area contributed by atoms with Crippen molar-refractivity contribution in [2.75, 3.05) is 18.1 Å². The van der Waals surface area contributed by atoms with E-state index in [1.165, 1.54) is 0 Å². The van der Waals surface area contributed by atoms with Crippen LogP contribution in [0.3, 0.4) is 0 Å². The summed E-state index contributed by atoms with van der Waals surface area (Å²) < 4.78 is 5.68. The first-order valence-corrected chi connectivity index (χ1v) is 6.84. The van der Waals surface area contributed by atoms with Crippen molar-refractivity contribution in [3.8, 4) is 5.75 Å². The number of carbonyl (C=O) groups excluding carboxylic acids is 1. The van der Waals surface area contributed by atoms with Gasteiger partial charge in [0.25, 0.3) is 0 Å². The lowest BCUT2D eigenvalue weighted by Crippen LogP contribution is -2.35. The van der Waals surface area contributed by atoms with Gasteiger partial charge in [-0.2, -0.15) is 0 Å². The Labute approximate surface area is 109 Å². The molecule has 1 fully saturated rings. The molecule has 0 spiro atoms. The molecular weight excluding hydrogens is 226 g/mol. The van der Waals surface area contributed by atoms with Crippen molar-refractivity contribution in [3.63, 3.8) is 0 Å². The number of piperidine rings is 1. The Morgan fingerprint density at radius 1 is 1.33 bits per heavy atom. The maximum Gasteiger partial charge on any atom is 0.226 e. The summed E-state index contributed by atoms with van der Waals surface area (Å²) >= 11 is 0.